The molecule has 0 aliphatic carbocycles. The van der Waals surface area contributed by atoms with Crippen LogP contribution in [0.4, 0.5) is 0 Å². The van der Waals surface area contributed by atoms with Gasteiger partial charge in [-0.2, -0.15) is 0 Å². The van der Waals surface area contributed by atoms with Gasteiger partial charge in [-0.3, -0.25) is 9.00 Å². The minimum Gasteiger partial charge on any atom is -0.488 e. The van der Waals surface area contributed by atoms with Crippen molar-refractivity contribution in [1.82, 2.24) is 24.9 Å². The maximum Gasteiger partial charge on any atom is 0.291 e. The van der Waals surface area contributed by atoms with Gasteiger partial charge in [0.1, 0.15) is 5.75 Å². The van der Waals surface area contributed by atoms with Crippen molar-refractivity contribution >= 4 is 22.4 Å². The van der Waals surface area contributed by atoms with Crippen molar-refractivity contribution in [3.05, 3.63) is 42.5 Å². The van der Waals surface area contributed by atoms with Crippen molar-refractivity contribution in [2.45, 2.75) is 19.4 Å². The molecule has 10 heteroatoms. The van der Waals surface area contributed by atoms with E-state index in [2.05, 4.69) is 20.4 Å². The maximum absolute atomic E-state index is 12.4. The lowest BCUT2D eigenvalue weighted by atomic mass is 10.1. The monoisotopic (exact) mass is 401 g/mol. The van der Waals surface area contributed by atoms with Crippen molar-refractivity contribution in [1.29, 1.82) is 0 Å². The first-order valence-electron chi connectivity index (χ1n) is 8.75. The van der Waals surface area contributed by atoms with Gasteiger partial charge in [0.2, 0.25) is 5.82 Å². The number of carbonyl (C=O) groups is 1. The molecule has 9 nitrogen and oxygen atoms in total. The van der Waals surface area contributed by atoms with E-state index in [4.69, 9.17) is 9.47 Å². The largest absolute Gasteiger partial charge is 0.488 e. The Morgan fingerprint density at radius 3 is 2.93 bits per heavy atom. The number of amides is 1. The Hall–Kier alpha value is -3.01. The molecule has 1 fully saturated rings. The van der Waals surface area contributed by atoms with E-state index < -0.39 is 22.2 Å². The number of rotatable bonds is 6. The molecule has 4 heterocycles. The second-order valence-electron chi connectivity index (χ2n) is 6.69. The van der Waals surface area contributed by atoms with E-state index >= 15 is 0 Å². The Bertz CT molecular complexity index is 1060. The summed E-state index contributed by atoms with van der Waals surface area (Å²) in [4.78, 5) is 20.8. The number of nitrogens with zero attached hydrogens (tertiary/aromatic N) is 4. The molecular formula is C18H19N5O4S. The Morgan fingerprint density at radius 1 is 1.36 bits per heavy atom. The van der Waals surface area contributed by atoms with Gasteiger partial charge in [-0.25, -0.2) is 14.5 Å². The highest BCUT2D eigenvalue weighted by atomic mass is 32.2. The van der Waals surface area contributed by atoms with Crippen LogP contribution in [-0.4, -0.2) is 53.3 Å². The molecule has 0 atom stereocenters. The first-order chi connectivity index (χ1) is 13.5. The lowest BCUT2D eigenvalue weighted by molar-refractivity contribution is 0.0907. The number of fused-ring (bicyclic) bond motifs is 1. The van der Waals surface area contributed by atoms with Crippen LogP contribution in [0.15, 0.2) is 36.7 Å². The van der Waals surface area contributed by atoms with Crippen LogP contribution in [0.3, 0.4) is 0 Å². The zero-order valence-electron chi connectivity index (χ0n) is 15.4. The van der Waals surface area contributed by atoms with Crippen molar-refractivity contribution in [2.75, 3.05) is 18.1 Å². The van der Waals surface area contributed by atoms with Gasteiger partial charge in [0.25, 0.3) is 11.8 Å². The summed E-state index contributed by atoms with van der Waals surface area (Å²) in [5.74, 6) is 1.89. The molecule has 0 bridgehead atoms. The van der Waals surface area contributed by atoms with Crippen LogP contribution in [0, 0.1) is 0 Å². The van der Waals surface area contributed by atoms with Crippen LogP contribution >= 0.6 is 0 Å². The summed E-state index contributed by atoms with van der Waals surface area (Å²) in [6.45, 7) is 4.23. The minimum atomic E-state index is -0.869. The number of nitrogens with one attached hydrogen (secondary N) is 1. The van der Waals surface area contributed by atoms with Crippen LogP contribution in [0.5, 0.6) is 17.4 Å². The first-order valence-corrected chi connectivity index (χ1v) is 10.2. The van der Waals surface area contributed by atoms with Crippen LogP contribution in [0.2, 0.25) is 0 Å². The molecule has 1 aliphatic rings. The fourth-order valence-electron chi connectivity index (χ4n) is 2.92. The standard InChI is InChI=1S/C18H19N5O4S/c1-3-26-13-5-4-8-19-17(13)27-12-6-7-14-20-15(22-23(14)9-12)16(24)21-18(2)10-28(25)11-18/h4-9H,3,10-11H2,1-2H3,(H,21,24). The maximum atomic E-state index is 12.4. The van der Waals surface area contributed by atoms with Gasteiger partial charge in [0.15, 0.2) is 11.4 Å². The Balaban J connectivity index is 1.54. The van der Waals surface area contributed by atoms with Gasteiger partial charge in [-0.1, -0.05) is 0 Å². The number of carbonyl (C=O) groups excluding carboxylic acids is 1. The number of aromatic nitrogens is 4. The fraction of sp³-hybridized carbons (Fsp3) is 0.333. The zero-order valence-corrected chi connectivity index (χ0v) is 16.2. The Kier molecular flexibility index (Phi) is 4.71. The van der Waals surface area contributed by atoms with Crippen molar-refractivity contribution in [3.8, 4) is 17.4 Å². The molecule has 0 unspecified atom stereocenters. The molecule has 1 aliphatic heterocycles. The second kappa shape index (κ2) is 7.19. The highest BCUT2D eigenvalue weighted by molar-refractivity contribution is 7.86. The molecule has 0 radical (unpaired) electrons. The molecule has 0 spiro atoms. The highest BCUT2D eigenvalue weighted by Gasteiger charge is 2.40. The predicted octanol–water partition coefficient (Wildman–Crippen LogP) is 1.57. The molecule has 3 aromatic rings. The number of hydrogen-bond acceptors (Lipinski definition) is 7. The third-order valence-corrected chi connectivity index (χ3v) is 6.05. The SMILES string of the molecule is CCOc1cccnc1Oc1ccc2nc(C(=O)NC3(C)CS(=O)C3)nn2c1. The summed E-state index contributed by atoms with van der Waals surface area (Å²) in [5.41, 5.74) is 0.0356. The van der Waals surface area contributed by atoms with Crippen LogP contribution in [0.1, 0.15) is 24.5 Å². The molecule has 146 valence electrons. The number of ether oxygens (including phenoxy) is 2. The average molecular weight is 401 g/mol. The van der Waals surface area contributed by atoms with Crippen molar-refractivity contribution in [2.24, 2.45) is 0 Å². The molecule has 0 saturated carbocycles. The average Bonchev–Trinajstić information content (AvgIpc) is 3.06. The first kappa shape index (κ1) is 18.4. The van der Waals surface area contributed by atoms with Gasteiger partial charge < -0.3 is 14.8 Å². The Labute approximate surface area is 163 Å². The van der Waals surface area contributed by atoms with E-state index in [9.17, 15) is 9.00 Å². The normalized spacial score (nSPS) is 21.1. The third-order valence-electron chi connectivity index (χ3n) is 4.13. The summed E-state index contributed by atoms with van der Waals surface area (Å²) < 4.78 is 24.1. The molecule has 1 saturated heterocycles. The lowest BCUT2D eigenvalue weighted by Crippen LogP contribution is -2.61. The second-order valence-corrected chi connectivity index (χ2v) is 8.15. The van der Waals surface area contributed by atoms with Gasteiger partial charge >= 0.3 is 0 Å². The van der Waals surface area contributed by atoms with E-state index in [1.807, 2.05) is 13.8 Å². The molecule has 1 amide bonds. The zero-order chi connectivity index (χ0) is 19.7. The van der Waals surface area contributed by atoms with Gasteiger partial charge in [-0.05, 0) is 38.1 Å². The molecule has 28 heavy (non-hydrogen) atoms. The summed E-state index contributed by atoms with van der Waals surface area (Å²) in [6, 6.07) is 6.95. The number of hydrogen-bond donors (Lipinski definition) is 1. The van der Waals surface area contributed by atoms with Crippen LogP contribution in [-0.2, 0) is 10.8 Å². The molecule has 1 N–H and O–H groups in total. The Morgan fingerprint density at radius 2 is 2.18 bits per heavy atom. The molecule has 0 aromatic carbocycles. The van der Waals surface area contributed by atoms with Crippen LogP contribution < -0.4 is 14.8 Å². The van der Waals surface area contributed by atoms with E-state index in [0.29, 0.717) is 41.1 Å². The van der Waals surface area contributed by atoms with Gasteiger partial charge in [0.05, 0.1) is 18.3 Å². The summed E-state index contributed by atoms with van der Waals surface area (Å²) in [7, 11) is -0.869. The lowest BCUT2D eigenvalue weighted by Gasteiger charge is -2.37. The van der Waals surface area contributed by atoms with E-state index in [-0.39, 0.29) is 5.82 Å². The predicted molar refractivity (Wildman–Crippen MR) is 102 cm³/mol. The van der Waals surface area contributed by atoms with E-state index in [1.54, 1.807) is 36.7 Å². The van der Waals surface area contributed by atoms with Crippen molar-refractivity contribution in [3.63, 3.8) is 0 Å². The fourth-order valence-corrected chi connectivity index (χ4v) is 4.40. The topological polar surface area (TPSA) is 108 Å². The van der Waals surface area contributed by atoms with Gasteiger partial charge in [-0.15, -0.1) is 5.10 Å². The molecule has 3 aromatic heterocycles. The minimum absolute atomic E-state index is 0.0453. The highest BCUT2D eigenvalue weighted by Crippen LogP contribution is 2.28. The number of pyridine rings is 2. The van der Waals surface area contributed by atoms with Crippen molar-refractivity contribution < 1.29 is 18.5 Å². The quantitative estimate of drug-likeness (QED) is 0.668. The summed E-state index contributed by atoms with van der Waals surface area (Å²) >= 11 is 0. The van der Waals surface area contributed by atoms with Crippen LogP contribution in [0.25, 0.3) is 5.65 Å². The summed E-state index contributed by atoms with van der Waals surface area (Å²) in [5, 5.41) is 7.07. The summed E-state index contributed by atoms with van der Waals surface area (Å²) in [6.07, 6.45) is 3.23. The third kappa shape index (κ3) is 3.68. The van der Waals surface area contributed by atoms with Gasteiger partial charge in [0, 0.05) is 28.5 Å². The van der Waals surface area contributed by atoms with E-state index in [0.717, 1.165) is 0 Å². The molecular weight excluding hydrogens is 382 g/mol. The van der Waals surface area contributed by atoms with E-state index in [1.165, 1.54) is 4.52 Å². The smallest absolute Gasteiger partial charge is 0.291 e. The molecule has 4 rings (SSSR count).